The van der Waals surface area contributed by atoms with Crippen molar-refractivity contribution in [2.75, 3.05) is 12.4 Å². The fourth-order valence-electron chi connectivity index (χ4n) is 2.60. The molecule has 2 aromatic carbocycles. The number of sulfonamides is 1. The molecule has 0 atom stereocenters. The van der Waals surface area contributed by atoms with Gasteiger partial charge in [-0.3, -0.25) is 9.59 Å². The van der Waals surface area contributed by atoms with E-state index in [-0.39, 0.29) is 33.7 Å². The van der Waals surface area contributed by atoms with Gasteiger partial charge in [0.2, 0.25) is 0 Å². The zero-order valence-electron chi connectivity index (χ0n) is 15.0. The average Bonchev–Trinajstić information content (AvgIpc) is 2.70. The molecule has 0 spiro atoms. The maximum Gasteiger partial charge on any atom is 0.316 e. The molecule has 0 bridgehead atoms. The first-order valence-electron chi connectivity index (χ1n) is 8.46. The van der Waals surface area contributed by atoms with Gasteiger partial charge in [-0.1, -0.05) is 42.5 Å². The number of allylic oxidation sites excluding steroid dienone is 2. The number of fused-ring (bicyclic) bond motifs is 1. The second-order valence-corrected chi connectivity index (χ2v) is 8.36. The molecule has 3 rings (SSSR count). The van der Waals surface area contributed by atoms with Crippen molar-refractivity contribution in [1.82, 2.24) is 0 Å². The van der Waals surface area contributed by atoms with Gasteiger partial charge in [-0.15, -0.1) is 11.8 Å². The van der Waals surface area contributed by atoms with Gasteiger partial charge in [0, 0.05) is 11.1 Å². The molecule has 6 nitrogen and oxygen atoms in total. The van der Waals surface area contributed by atoms with Crippen molar-refractivity contribution in [3.05, 3.63) is 76.7 Å². The third-order valence-corrected chi connectivity index (χ3v) is 6.15. The van der Waals surface area contributed by atoms with Crippen molar-refractivity contribution < 1.29 is 22.7 Å². The Morgan fingerprint density at radius 3 is 2.36 bits per heavy atom. The number of esters is 1. The molecule has 1 aliphatic carbocycles. The van der Waals surface area contributed by atoms with Crippen LogP contribution in [0.25, 0.3) is 0 Å². The molecule has 0 fully saturated rings. The molecular weight excluding hydrogens is 398 g/mol. The number of hydrogen-bond donors (Lipinski definition) is 0. The van der Waals surface area contributed by atoms with Gasteiger partial charge in [-0.05, 0) is 25.1 Å². The SMILES string of the molecule is CCOC(=O)CSC1=C/C(=N/S(=O)(=O)c2ccccc2)c2ccccc2C1=O. The first-order chi connectivity index (χ1) is 13.4. The Labute approximate surface area is 167 Å². The van der Waals surface area contributed by atoms with Crippen LogP contribution in [0.2, 0.25) is 0 Å². The second-order valence-electron chi connectivity index (χ2n) is 5.74. The van der Waals surface area contributed by atoms with E-state index in [9.17, 15) is 18.0 Å². The zero-order valence-corrected chi connectivity index (χ0v) is 16.6. The van der Waals surface area contributed by atoms with Crippen LogP contribution in [-0.4, -0.2) is 38.2 Å². The van der Waals surface area contributed by atoms with Crippen LogP contribution in [0.3, 0.4) is 0 Å². The Kier molecular flexibility index (Phi) is 6.11. The number of carbonyl (C=O) groups excluding carboxylic acids is 2. The summed E-state index contributed by atoms with van der Waals surface area (Å²) in [5.41, 5.74) is 0.941. The second kappa shape index (κ2) is 8.53. The number of ketones is 1. The first kappa shape index (κ1) is 20.0. The summed E-state index contributed by atoms with van der Waals surface area (Å²) in [4.78, 5) is 24.7. The van der Waals surface area contributed by atoms with Crippen LogP contribution in [0.4, 0.5) is 0 Å². The minimum Gasteiger partial charge on any atom is -0.465 e. The Bertz CT molecular complexity index is 1070. The summed E-state index contributed by atoms with van der Waals surface area (Å²) >= 11 is 1.00. The summed E-state index contributed by atoms with van der Waals surface area (Å²) in [5, 5.41) is 0. The monoisotopic (exact) mass is 415 g/mol. The minimum atomic E-state index is -3.95. The van der Waals surface area contributed by atoms with Crippen LogP contribution in [0, 0.1) is 0 Å². The molecule has 0 saturated carbocycles. The lowest BCUT2D eigenvalue weighted by atomic mass is 9.94. The summed E-state index contributed by atoms with van der Waals surface area (Å²) in [7, 11) is -3.95. The van der Waals surface area contributed by atoms with E-state index in [1.807, 2.05) is 0 Å². The lowest BCUT2D eigenvalue weighted by molar-refractivity contribution is -0.139. The Balaban J connectivity index is 2.02. The van der Waals surface area contributed by atoms with Gasteiger partial charge in [-0.2, -0.15) is 12.8 Å². The molecule has 2 aromatic rings. The molecule has 0 N–H and O–H groups in total. The van der Waals surface area contributed by atoms with Crippen molar-refractivity contribution in [2.45, 2.75) is 11.8 Å². The van der Waals surface area contributed by atoms with E-state index in [0.29, 0.717) is 11.1 Å². The quantitative estimate of drug-likeness (QED) is 0.673. The molecule has 8 heteroatoms. The predicted molar refractivity (Wildman–Crippen MR) is 108 cm³/mol. The Morgan fingerprint density at radius 1 is 1.04 bits per heavy atom. The van der Waals surface area contributed by atoms with Gasteiger partial charge in [0.25, 0.3) is 10.0 Å². The zero-order chi connectivity index (χ0) is 20.1. The Morgan fingerprint density at radius 2 is 1.68 bits per heavy atom. The van der Waals surface area contributed by atoms with Gasteiger partial charge >= 0.3 is 5.97 Å². The van der Waals surface area contributed by atoms with Crippen LogP contribution >= 0.6 is 11.8 Å². The predicted octanol–water partition coefficient (Wildman–Crippen LogP) is 3.24. The lowest BCUT2D eigenvalue weighted by Gasteiger charge is -2.17. The largest absolute Gasteiger partial charge is 0.465 e. The van der Waals surface area contributed by atoms with E-state index in [2.05, 4.69) is 4.40 Å². The average molecular weight is 415 g/mol. The molecule has 0 aliphatic heterocycles. The highest BCUT2D eigenvalue weighted by molar-refractivity contribution is 8.04. The number of carbonyl (C=O) groups is 2. The standard InChI is InChI=1S/C20H17NO5S2/c1-2-26-19(22)13-27-18-12-17(15-10-6-7-11-16(15)20(18)23)21-28(24,25)14-8-4-3-5-9-14/h3-12H,2,13H2,1H3/b21-17-. The van der Waals surface area contributed by atoms with Crippen LogP contribution in [0.5, 0.6) is 0 Å². The highest BCUT2D eigenvalue weighted by Gasteiger charge is 2.26. The van der Waals surface area contributed by atoms with Crippen LogP contribution < -0.4 is 0 Å². The lowest BCUT2D eigenvalue weighted by Crippen LogP contribution is -2.18. The molecule has 28 heavy (non-hydrogen) atoms. The third kappa shape index (κ3) is 4.40. The van der Waals surface area contributed by atoms with E-state index < -0.39 is 16.0 Å². The molecule has 144 valence electrons. The summed E-state index contributed by atoms with van der Waals surface area (Å²) in [5.74, 6) is -0.775. The van der Waals surface area contributed by atoms with Crippen molar-refractivity contribution in [2.24, 2.45) is 4.40 Å². The molecule has 0 unspecified atom stereocenters. The van der Waals surface area contributed by atoms with Crippen molar-refractivity contribution in [3.63, 3.8) is 0 Å². The number of ether oxygens (including phenoxy) is 1. The van der Waals surface area contributed by atoms with Crippen molar-refractivity contribution >= 4 is 39.2 Å². The summed E-state index contributed by atoms with van der Waals surface area (Å²) in [6.45, 7) is 1.94. The third-order valence-electron chi connectivity index (χ3n) is 3.85. The number of rotatable bonds is 6. The van der Waals surface area contributed by atoms with E-state index in [1.54, 1.807) is 49.4 Å². The maximum absolute atomic E-state index is 12.7. The van der Waals surface area contributed by atoms with Gasteiger partial charge in [0.1, 0.15) is 0 Å². The number of nitrogens with zero attached hydrogens (tertiary/aromatic N) is 1. The molecule has 0 heterocycles. The molecule has 0 saturated heterocycles. The van der Waals surface area contributed by atoms with Crippen LogP contribution in [-0.2, 0) is 19.6 Å². The number of Topliss-reactive ketones (excluding diaryl/α,β-unsaturated/α-hetero) is 1. The molecule has 0 amide bonds. The number of benzene rings is 2. The highest BCUT2D eigenvalue weighted by Crippen LogP contribution is 2.29. The minimum absolute atomic E-state index is 0.0493. The topological polar surface area (TPSA) is 89.9 Å². The molecule has 0 aromatic heterocycles. The highest BCUT2D eigenvalue weighted by atomic mass is 32.2. The van der Waals surface area contributed by atoms with E-state index in [4.69, 9.17) is 4.74 Å². The van der Waals surface area contributed by atoms with Gasteiger partial charge in [-0.25, -0.2) is 0 Å². The molecule has 0 radical (unpaired) electrons. The van der Waals surface area contributed by atoms with Crippen LogP contribution in [0.15, 0.2) is 74.9 Å². The summed E-state index contributed by atoms with van der Waals surface area (Å²) < 4.78 is 34.2. The van der Waals surface area contributed by atoms with E-state index >= 15 is 0 Å². The molecular formula is C20H17NO5S2. The number of thioether (sulfide) groups is 1. The fraction of sp³-hybridized carbons (Fsp3) is 0.150. The maximum atomic E-state index is 12.7. The normalized spacial score (nSPS) is 15.1. The van der Waals surface area contributed by atoms with Gasteiger partial charge < -0.3 is 4.74 Å². The van der Waals surface area contributed by atoms with Crippen molar-refractivity contribution in [3.8, 4) is 0 Å². The molecule has 1 aliphatic rings. The van der Waals surface area contributed by atoms with E-state index in [0.717, 1.165) is 11.8 Å². The Hall–Kier alpha value is -2.71. The van der Waals surface area contributed by atoms with Gasteiger partial charge in [0.15, 0.2) is 5.78 Å². The van der Waals surface area contributed by atoms with Crippen molar-refractivity contribution in [1.29, 1.82) is 0 Å². The van der Waals surface area contributed by atoms with Gasteiger partial charge in [0.05, 0.1) is 27.9 Å². The summed E-state index contributed by atoms with van der Waals surface area (Å²) in [6.07, 6.45) is 1.41. The smallest absolute Gasteiger partial charge is 0.316 e. The first-order valence-corrected chi connectivity index (χ1v) is 10.9. The van der Waals surface area contributed by atoms with E-state index in [1.165, 1.54) is 18.2 Å². The number of hydrogen-bond acceptors (Lipinski definition) is 6. The fourth-order valence-corrected chi connectivity index (χ4v) is 4.41. The van der Waals surface area contributed by atoms with Crippen LogP contribution in [0.1, 0.15) is 22.8 Å². The summed E-state index contributed by atoms with van der Waals surface area (Å²) in [6, 6.07) is 14.5.